The van der Waals surface area contributed by atoms with Crippen LogP contribution in [-0.2, 0) is 18.3 Å². The lowest BCUT2D eigenvalue weighted by molar-refractivity contribution is -0.113. The third kappa shape index (κ3) is 5.13. The van der Waals surface area contributed by atoms with Crippen LogP contribution in [0.3, 0.4) is 0 Å². The van der Waals surface area contributed by atoms with Crippen LogP contribution < -0.4 is 10.6 Å². The third-order valence-corrected chi connectivity index (χ3v) is 5.82. The number of aryl methyl sites for hydroxylation is 1. The van der Waals surface area contributed by atoms with Crippen LogP contribution in [0.5, 0.6) is 0 Å². The summed E-state index contributed by atoms with van der Waals surface area (Å²) in [6, 6.07) is 15.0. The van der Waals surface area contributed by atoms with E-state index in [0.717, 1.165) is 11.9 Å². The summed E-state index contributed by atoms with van der Waals surface area (Å²) in [5.41, 5.74) is 3.45. The Morgan fingerprint density at radius 1 is 1.13 bits per heavy atom. The van der Waals surface area contributed by atoms with Crippen LogP contribution in [-0.4, -0.2) is 43.9 Å². The van der Waals surface area contributed by atoms with Gasteiger partial charge in [-0.2, -0.15) is 0 Å². The average Bonchev–Trinajstić information content (AvgIpc) is 3.39. The first-order valence-electron chi connectivity index (χ1n) is 9.80. The van der Waals surface area contributed by atoms with Gasteiger partial charge in [-0.15, -0.1) is 10.2 Å². The van der Waals surface area contributed by atoms with Gasteiger partial charge in [0.1, 0.15) is 6.33 Å². The molecule has 9 heteroatoms. The molecule has 2 heterocycles. The Bertz CT molecular complexity index is 1200. The van der Waals surface area contributed by atoms with Crippen LogP contribution in [0.25, 0.3) is 10.9 Å². The summed E-state index contributed by atoms with van der Waals surface area (Å²) >= 11 is 1.31. The quantitative estimate of drug-likeness (QED) is 0.370. The maximum absolute atomic E-state index is 12.4. The largest absolute Gasteiger partial charge is 0.361 e. The number of amides is 2. The lowest BCUT2D eigenvalue weighted by Gasteiger charge is -2.07. The highest BCUT2D eigenvalue weighted by Crippen LogP contribution is 2.18. The molecule has 31 heavy (non-hydrogen) atoms. The van der Waals surface area contributed by atoms with Crippen LogP contribution in [0, 0.1) is 0 Å². The number of hydrogen-bond donors (Lipinski definition) is 3. The van der Waals surface area contributed by atoms with Crippen molar-refractivity contribution in [2.45, 2.75) is 11.6 Å². The highest BCUT2D eigenvalue weighted by atomic mass is 32.2. The molecule has 158 valence electrons. The molecule has 4 aromatic rings. The monoisotopic (exact) mass is 434 g/mol. The molecule has 0 aliphatic heterocycles. The van der Waals surface area contributed by atoms with Gasteiger partial charge in [0.15, 0.2) is 5.16 Å². The Balaban J connectivity index is 1.25. The summed E-state index contributed by atoms with van der Waals surface area (Å²) in [4.78, 5) is 27.8. The van der Waals surface area contributed by atoms with Crippen LogP contribution in [0.4, 0.5) is 5.69 Å². The number of thioether (sulfide) groups is 1. The number of benzene rings is 2. The van der Waals surface area contributed by atoms with E-state index in [1.165, 1.54) is 22.7 Å². The third-order valence-electron chi connectivity index (χ3n) is 4.79. The van der Waals surface area contributed by atoms with Gasteiger partial charge in [-0.25, -0.2) is 0 Å². The van der Waals surface area contributed by atoms with Crippen molar-refractivity contribution in [3.05, 3.63) is 72.2 Å². The van der Waals surface area contributed by atoms with Crippen LogP contribution in [0.15, 0.2) is 66.2 Å². The minimum Gasteiger partial charge on any atom is -0.361 e. The lowest BCUT2D eigenvalue weighted by Crippen LogP contribution is -2.25. The second-order valence-electron chi connectivity index (χ2n) is 7.00. The summed E-state index contributed by atoms with van der Waals surface area (Å²) in [5.74, 6) is -0.0673. The normalized spacial score (nSPS) is 10.9. The van der Waals surface area contributed by atoms with Crippen LogP contribution in [0.2, 0.25) is 0 Å². The SMILES string of the molecule is Cn1cnnc1SCC(=O)Nc1ccc(C(=O)NCCc2c[nH]c3ccccc23)cc1. The molecule has 3 N–H and O–H groups in total. The first kappa shape index (κ1) is 20.7. The van der Waals surface area contributed by atoms with E-state index in [2.05, 4.69) is 31.9 Å². The maximum atomic E-state index is 12.4. The molecule has 0 aliphatic rings. The summed E-state index contributed by atoms with van der Waals surface area (Å²) < 4.78 is 1.75. The van der Waals surface area contributed by atoms with Crippen molar-refractivity contribution in [2.75, 3.05) is 17.6 Å². The standard InChI is InChI=1S/C22H22N6O2S/c1-28-14-25-27-22(28)31-13-20(29)26-17-8-6-15(7-9-17)21(30)23-11-10-16-12-24-19-5-3-2-4-18(16)19/h2-9,12,14,24H,10-11,13H2,1H3,(H,23,30)(H,26,29). The van der Waals surface area contributed by atoms with E-state index in [1.807, 2.05) is 31.4 Å². The molecular formula is C22H22N6O2S. The number of aromatic nitrogens is 4. The van der Waals surface area contributed by atoms with Crippen molar-refractivity contribution in [3.8, 4) is 0 Å². The number of carbonyl (C=O) groups is 2. The molecule has 2 aromatic carbocycles. The Morgan fingerprint density at radius 2 is 1.94 bits per heavy atom. The van der Waals surface area contributed by atoms with Gasteiger partial charge in [0, 0.05) is 41.9 Å². The second kappa shape index (κ2) is 9.48. The average molecular weight is 435 g/mol. The minimum atomic E-state index is -0.149. The van der Waals surface area contributed by atoms with Crippen LogP contribution in [0.1, 0.15) is 15.9 Å². The maximum Gasteiger partial charge on any atom is 0.251 e. The van der Waals surface area contributed by atoms with Crippen molar-refractivity contribution >= 4 is 40.2 Å². The molecule has 0 radical (unpaired) electrons. The predicted molar refractivity (Wildman–Crippen MR) is 121 cm³/mol. The lowest BCUT2D eigenvalue weighted by atomic mass is 10.1. The van der Waals surface area contributed by atoms with E-state index in [1.54, 1.807) is 35.2 Å². The zero-order chi connectivity index (χ0) is 21.6. The van der Waals surface area contributed by atoms with Crippen molar-refractivity contribution in [3.63, 3.8) is 0 Å². The van der Waals surface area contributed by atoms with E-state index in [0.29, 0.717) is 23.0 Å². The summed E-state index contributed by atoms with van der Waals surface area (Å²) in [6.45, 7) is 0.540. The Labute approximate surface area is 183 Å². The van der Waals surface area contributed by atoms with Crippen molar-refractivity contribution < 1.29 is 9.59 Å². The molecule has 0 spiro atoms. The number of carbonyl (C=O) groups excluding carboxylic acids is 2. The summed E-state index contributed by atoms with van der Waals surface area (Å²) in [6.07, 6.45) is 4.31. The number of rotatable bonds is 8. The van der Waals surface area contributed by atoms with Gasteiger partial charge in [0.25, 0.3) is 5.91 Å². The first-order chi connectivity index (χ1) is 15.1. The molecule has 0 atom stereocenters. The molecule has 0 fully saturated rings. The fourth-order valence-electron chi connectivity index (χ4n) is 3.19. The van der Waals surface area contributed by atoms with Gasteiger partial charge in [-0.05, 0) is 42.3 Å². The molecule has 2 amide bonds. The van der Waals surface area contributed by atoms with Crippen molar-refractivity contribution in [1.82, 2.24) is 25.1 Å². The molecule has 8 nitrogen and oxygen atoms in total. The Hall–Kier alpha value is -3.59. The van der Waals surface area contributed by atoms with Gasteiger partial charge < -0.3 is 20.2 Å². The number of hydrogen-bond acceptors (Lipinski definition) is 5. The predicted octanol–water partition coefficient (Wildman–Crippen LogP) is 3.00. The van der Waals surface area contributed by atoms with Crippen LogP contribution >= 0.6 is 11.8 Å². The van der Waals surface area contributed by atoms with E-state index in [-0.39, 0.29) is 17.6 Å². The Morgan fingerprint density at radius 3 is 2.71 bits per heavy atom. The van der Waals surface area contributed by atoms with Gasteiger partial charge in [0.05, 0.1) is 5.75 Å². The zero-order valence-corrected chi connectivity index (χ0v) is 17.8. The fraction of sp³-hybridized carbons (Fsp3) is 0.182. The molecule has 0 aliphatic carbocycles. The molecule has 0 unspecified atom stereocenters. The summed E-state index contributed by atoms with van der Waals surface area (Å²) in [7, 11) is 1.82. The number of H-pyrrole nitrogens is 1. The van der Waals surface area contributed by atoms with E-state index < -0.39 is 0 Å². The number of aromatic amines is 1. The van der Waals surface area contributed by atoms with E-state index in [4.69, 9.17) is 0 Å². The topological polar surface area (TPSA) is 105 Å². The highest BCUT2D eigenvalue weighted by molar-refractivity contribution is 7.99. The first-order valence-corrected chi connectivity index (χ1v) is 10.8. The Kier molecular flexibility index (Phi) is 6.32. The van der Waals surface area contributed by atoms with E-state index in [9.17, 15) is 9.59 Å². The molecule has 4 rings (SSSR count). The number of anilines is 1. The number of para-hydroxylation sites is 1. The smallest absolute Gasteiger partial charge is 0.251 e. The molecule has 2 aromatic heterocycles. The van der Waals surface area contributed by atoms with Crippen molar-refractivity contribution in [2.24, 2.45) is 7.05 Å². The molecule has 0 saturated carbocycles. The van der Waals surface area contributed by atoms with E-state index >= 15 is 0 Å². The second-order valence-corrected chi connectivity index (χ2v) is 7.95. The molecule has 0 saturated heterocycles. The summed E-state index contributed by atoms with van der Waals surface area (Å²) in [5, 5.41) is 15.3. The van der Waals surface area contributed by atoms with Gasteiger partial charge >= 0.3 is 0 Å². The van der Waals surface area contributed by atoms with Gasteiger partial charge in [-0.1, -0.05) is 30.0 Å². The molecule has 0 bridgehead atoms. The zero-order valence-electron chi connectivity index (χ0n) is 17.0. The molecular weight excluding hydrogens is 412 g/mol. The van der Waals surface area contributed by atoms with Gasteiger partial charge in [-0.3, -0.25) is 9.59 Å². The van der Waals surface area contributed by atoms with Crippen molar-refractivity contribution in [1.29, 1.82) is 0 Å². The number of fused-ring (bicyclic) bond motifs is 1. The minimum absolute atomic E-state index is 0.143. The number of nitrogens with one attached hydrogen (secondary N) is 3. The number of nitrogens with zero attached hydrogens (tertiary/aromatic N) is 3. The fourth-order valence-corrected chi connectivity index (χ4v) is 3.87. The van der Waals surface area contributed by atoms with Gasteiger partial charge in [0.2, 0.25) is 5.91 Å². The highest BCUT2D eigenvalue weighted by Gasteiger charge is 2.09.